The fraction of sp³-hybridized carbons (Fsp3) is 0.200. The molecule has 0 radical (unpaired) electrons. The van der Waals surface area contributed by atoms with E-state index in [1.807, 2.05) is 0 Å². The Kier molecular flexibility index (Phi) is 6.47. The molecule has 1 heterocycles. The molecule has 0 bridgehead atoms. The maximum Gasteiger partial charge on any atom is 0.431 e. The van der Waals surface area contributed by atoms with Crippen LogP contribution in [-0.4, -0.2) is 54.4 Å². The van der Waals surface area contributed by atoms with Crippen LogP contribution in [0.15, 0.2) is 48.7 Å². The summed E-state index contributed by atoms with van der Waals surface area (Å²) < 4.78 is 66.5. The van der Waals surface area contributed by atoms with Gasteiger partial charge in [0.05, 0.1) is 9.38 Å². The first-order valence-electron chi connectivity index (χ1n) is 7.44. The van der Waals surface area contributed by atoms with Gasteiger partial charge in [0.2, 0.25) is 5.89 Å². The molecule has 3 N–H and O–H groups in total. The molecule has 156 valence electrons. The van der Waals surface area contributed by atoms with Crippen molar-refractivity contribution >= 4 is 37.4 Å². The van der Waals surface area contributed by atoms with Crippen LogP contribution in [0.1, 0.15) is 5.89 Å². The molecule has 14 heteroatoms. The van der Waals surface area contributed by atoms with Crippen LogP contribution in [0.25, 0.3) is 11.5 Å². The van der Waals surface area contributed by atoms with Gasteiger partial charge < -0.3 is 15.3 Å². The van der Waals surface area contributed by atoms with Gasteiger partial charge in [0.1, 0.15) is 18.0 Å². The van der Waals surface area contributed by atoms with E-state index in [9.17, 15) is 26.4 Å². The number of sulfone groups is 1. The number of allylic oxidation sites excluding steroid dienone is 2. The van der Waals surface area contributed by atoms with Crippen molar-refractivity contribution in [3.63, 3.8) is 0 Å². The zero-order valence-electron chi connectivity index (χ0n) is 14.4. The van der Waals surface area contributed by atoms with Crippen LogP contribution in [0.2, 0.25) is 0 Å². The maximum absolute atomic E-state index is 12.9. The zero-order valence-corrected chi connectivity index (χ0v) is 16.8. The second-order valence-electron chi connectivity index (χ2n) is 5.50. The summed E-state index contributed by atoms with van der Waals surface area (Å²) in [6.45, 7) is -0.892. The number of rotatable bonds is 6. The number of nitrogens with zero attached hydrogens (tertiary/aromatic N) is 3. The van der Waals surface area contributed by atoms with Crippen molar-refractivity contribution in [2.24, 2.45) is 10.7 Å². The Balaban J connectivity index is 2.55. The highest BCUT2D eigenvalue weighted by Crippen LogP contribution is 2.30. The summed E-state index contributed by atoms with van der Waals surface area (Å²) in [4.78, 5) is 14.3. The van der Waals surface area contributed by atoms with Crippen LogP contribution in [0.5, 0.6) is 0 Å². The molecule has 0 fully saturated rings. The van der Waals surface area contributed by atoms with E-state index < -0.39 is 50.3 Å². The number of aliphatic carboxylic acids is 1. The maximum atomic E-state index is 12.9. The van der Waals surface area contributed by atoms with E-state index in [1.54, 1.807) is 0 Å². The Labute approximate surface area is 170 Å². The predicted octanol–water partition coefficient (Wildman–Crippen LogP) is 2.14. The molecule has 1 aromatic heterocycles. The van der Waals surface area contributed by atoms with E-state index in [2.05, 4.69) is 31.1 Å². The number of hydrogen-bond acceptors (Lipinski definition) is 8. The molecule has 0 aliphatic heterocycles. The van der Waals surface area contributed by atoms with Gasteiger partial charge in [-0.15, -0.1) is 10.2 Å². The molecule has 0 aliphatic rings. The molecule has 0 saturated heterocycles. The summed E-state index contributed by atoms with van der Waals surface area (Å²) in [6, 6.07) is 5.41. The molecular formula is C15H12BrF3N4O5S. The molecule has 2 rings (SSSR count). The largest absolute Gasteiger partial charge is 0.480 e. The van der Waals surface area contributed by atoms with Crippen LogP contribution in [0.4, 0.5) is 13.2 Å². The van der Waals surface area contributed by atoms with Crippen LogP contribution >= 0.6 is 15.9 Å². The van der Waals surface area contributed by atoms with Crippen molar-refractivity contribution in [1.82, 2.24) is 10.2 Å². The van der Waals surface area contributed by atoms with Gasteiger partial charge in [-0.3, -0.25) is 9.79 Å². The SMILES string of the molecule is CS(=O)(=O)c1cccc(-c2nnc(C(=NCC(=O)O)C(Br)=C(N)C(F)(F)F)o2)c1. The summed E-state index contributed by atoms with van der Waals surface area (Å²) in [6.07, 6.45) is -3.95. The third-order valence-corrected chi connectivity index (χ3v) is 5.17. The van der Waals surface area contributed by atoms with E-state index in [0.717, 1.165) is 6.26 Å². The Morgan fingerprint density at radius 1 is 1.34 bits per heavy atom. The topological polar surface area (TPSA) is 149 Å². The fourth-order valence-corrected chi connectivity index (χ4v) is 3.11. The number of carboxylic acids is 1. The standard InChI is InChI=1S/C15H12BrF3N4O5S/c1-29(26,27)8-4-2-3-7(5-8)13-22-23-14(28-13)11(21-6-9(24)25)10(16)12(20)15(17,18)19/h2-5H,6,20H2,1H3,(H,24,25). The molecule has 0 atom stereocenters. The molecule has 0 aliphatic carbocycles. The number of halogens is 4. The van der Waals surface area contributed by atoms with Gasteiger partial charge in [-0.1, -0.05) is 6.07 Å². The number of hydrogen-bond donors (Lipinski definition) is 2. The molecule has 9 nitrogen and oxygen atoms in total. The number of alkyl halides is 3. The van der Waals surface area contributed by atoms with Crippen LogP contribution in [0.3, 0.4) is 0 Å². The van der Waals surface area contributed by atoms with Gasteiger partial charge in [-0.05, 0) is 34.1 Å². The minimum Gasteiger partial charge on any atom is -0.480 e. The van der Waals surface area contributed by atoms with Crippen molar-refractivity contribution in [2.45, 2.75) is 11.1 Å². The van der Waals surface area contributed by atoms with Crippen molar-refractivity contribution in [3.8, 4) is 11.5 Å². The Morgan fingerprint density at radius 2 is 2.00 bits per heavy atom. The first-order valence-corrected chi connectivity index (χ1v) is 10.1. The molecule has 0 amide bonds. The smallest absolute Gasteiger partial charge is 0.431 e. The lowest BCUT2D eigenvalue weighted by atomic mass is 10.2. The number of carboxylic acid groups (broad SMARTS) is 1. The quantitative estimate of drug-likeness (QED) is 0.577. The molecule has 0 spiro atoms. The average molecular weight is 497 g/mol. The van der Waals surface area contributed by atoms with Gasteiger partial charge in [0.25, 0.3) is 5.89 Å². The highest BCUT2D eigenvalue weighted by atomic mass is 79.9. The molecular weight excluding hydrogens is 485 g/mol. The van der Waals surface area contributed by atoms with E-state index in [-0.39, 0.29) is 16.3 Å². The first-order chi connectivity index (χ1) is 13.3. The van der Waals surface area contributed by atoms with Crippen LogP contribution in [0, 0.1) is 0 Å². The van der Waals surface area contributed by atoms with Crippen molar-refractivity contribution in [3.05, 3.63) is 40.3 Å². The second kappa shape index (κ2) is 8.32. The summed E-state index contributed by atoms with van der Waals surface area (Å²) in [5.74, 6) is -2.20. The normalized spacial score (nSPS) is 13.9. The van der Waals surface area contributed by atoms with Crippen molar-refractivity contribution < 1.29 is 35.9 Å². The minimum atomic E-state index is -4.94. The third kappa shape index (κ3) is 5.63. The van der Waals surface area contributed by atoms with Gasteiger partial charge in [0.15, 0.2) is 9.84 Å². The molecule has 29 heavy (non-hydrogen) atoms. The highest BCUT2D eigenvalue weighted by Gasteiger charge is 2.36. The monoisotopic (exact) mass is 496 g/mol. The summed E-state index contributed by atoms with van der Waals surface area (Å²) in [5, 5.41) is 16.0. The lowest BCUT2D eigenvalue weighted by Gasteiger charge is -2.10. The summed E-state index contributed by atoms with van der Waals surface area (Å²) >= 11 is 2.64. The molecule has 1 aromatic carbocycles. The van der Waals surface area contributed by atoms with E-state index in [4.69, 9.17) is 15.3 Å². The lowest BCUT2D eigenvalue weighted by Crippen LogP contribution is -2.23. The van der Waals surface area contributed by atoms with Crippen molar-refractivity contribution in [2.75, 3.05) is 12.8 Å². The Hall–Kier alpha value is -2.74. The first kappa shape index (κ1) is 22.5. The molecule has 0 unspecified atom stereocenters. The van der Waals surface area contributed by atoms with E-state index >= 15 is 0 Å². The minimum absolute atomic E-state index is 0.0445. The second-order valence-corrected chi connectivity index (χ2v) is 8.31. The molecule has 2 aromatic rings. The summed E-state index contributed by atoms with van der Waals surface area (Å²) in [5.41, 5.74) is 3.01. The lowest BCUT2D eigenvalue weighted by molar-refractivity contribution is -0.135. The van der Waals surface area contributed by atoms with Crippen LogP contribution in [-0.2, 0) is 14.6 Å². The number of benzene rings is 1. The highest BCUT2D eigenvalue weighted by molar-refractivity contribution is 9.12. The van der Waals surface area contributed by atoms with Gasteiger partial charge >= 0.3 is 12.1 Å². The number of nitrogens with two attached hydrogens (primary N) is 1. The van der Waals surface area contributed by atoms with Crippen molar-refractivity contribution in [1.29, 1.82) is 0 Å². The molecule has 0 saturated carbocycles. The summed E-state index contributed by atoms with van der Waals surface area (Å²) in [7, 11) is -3.54. The number of carbonyl (C=O) groups is 1. The average Bonchev–Trinajstić information content (AvgIpc) is 3.09. The van der Waals surface area contributed by atoms with Gasteiger partial charge in [0, 0.05) is 11.8 Å². The zero-order chi connectivity index (χ0) is 22.0. The van der Waals surface area contributed by atoms with Crippen LogP contribution < -0.4 is 5.73 Å². The Morgan fingerprint density at radius 3 is 2.55 bits per heavy atom. The van der Waals surface area contributed by atoms with E-state index in [0.29, 0.717) is 0 Å². The van der Waals surface area contributed by atoms with Gasteiger partial charge in [-0.25, -0.2) is 8.42 Å². The predicted molar refractivity (Wildman–Crippen MR) is 98.1 cm³/mol. The fourth-order valence-electron chi connectivity index (χ4n) is 1.92. The number of aliphatic imine (C=N–C) groups is 1. The Bertz CT molecular complexity index is 1110. The number of aromatic nitrogens is 2. The van der Waals surface area contributed by atoms with Gasteiger partial charge in [-0.2, -0.15) is 13.2 Å². The third-order valence-electron chi connectivity index (χ3n) is 3.26. The van der Waals surface area contributed by atoms with E-state index in [1.165, 1.54) is 24.3 Å².